The van der Waals surface area contributed by atoms with Crippen LogP contribution in [0.1, 0.15) is 31.2 Å². The molecule has 0 saturated heterocycles. The van der Waals surface area contributed by atoms with Crippen LogP contribution in [0.4, 0.5) is 0 Å². The highest BCUT2D eigenvalue weighted by Gasteiger charge is 2.21. The number of benzene rings is 1. The molecule has 5 heteroatoms. The Kier molecular flexibility index (Phi) is 5.17. The van der Waals surface area contributed by atoms with E-state index in [1.807, 2.05) is 6.07 Å². The van der Waals surface area contributed by atoms with Crippen LogP contribution in [0.15, 0.2) is 30.3 Å². The number of carbonyl (C=O) groups excluding carboxylic acids is 2. The minimum absolute atomic E-state index is 0.0323. The summed E-state index contributed by atoms with van der Waals surface area (Å²) >= 11 is 0. The summed E-state index contributed by atoms with van der Waals surface area (Å²) in [4.78, 5) is 32.6. The van der Waals surface area contributed by atoms with Crippen LogP contribution in [0.3, 0.4) is 0 Å². The minimum Gasteiger partial charge on any atom is -0.300 e. The van der Waals surface area contributed by atoms with E-state index in [4.69, 9.17) is 0 Å². The first-order valence-electron chi connectivity index (χ1n) is 5.67. The van der Waals surface area contributed by atoms with Crippen LogP contribution in [0.5, 0.6) is 0 Å². The Morgan fingerprint density at radius 1 is 1.28 bits per heavy atom. The lowest BCUT2D eigenvalue weighted by molar-refractivity contribution is -0.483. The van der Waals surface area contributed by atoms with Gasteiger partial charge in [-0.15, -0.1) is 0 Å². The first kappa shape index (κ1) is 14.0. The molecule has 0 radical (unpaired) electrons. The SMILES string of the molecule is CC(=O)CC(=O)CC(C[N+](=O)[O-])c1ccccc1. The Balaban J connectivity index is 2.76. The van der Waals surface area contributed by atoms with Crippen LogP contribution in [-0.4, -0.2) is 23.0 Å². The van der Waals surface area contributed by atoms with Crippen molar-refractivity contribution < 1.29 is 14.5 Å². The first-order valence-corrected chi connectivity index (χ1v) is 5.67. The molecule has 0 aliphatic heterocycles. The van der Waals surface area contributed by atoms with Crippen LogP contribution >= 0.6 is 0 Å². The summed E-state index contributed by atoms with van der Waals surface area (Å²) in [6, 6.07) is 8.88. The van der Waals surface area contributed by atoms with Crippen molar-refractivity contribution >= 4 is 11.6 Å². The van der Waals surface area contributed by atoms with E-state index < -0.39 is 10.8 Å². The normalized spacial score (nSPS) is 11.8. The van der Waals surface area contributed by atoms with Gasteiger partial charge in [0.2, 0.25) is 6.54 Å². The molecule has 18 heavy (non-hydrogen) atoms. The molecule has 0 bridgehead atoms. The van der Waals surface area contributed by atoms with Crippen molar-refractivity contribution in [3.8, 4) is 0 Å². The zero-order valence-corrected chi connectivity index (χ0v) is 10.2. The molecule has 5 nitrogen and oxygen atoms in total. The van der Waals surface area contributed by atoms with Gasteiger partial charge in [-0.25, -0.2) is 0 Å². The lowest BCUT2D eigenvalue weighted by atomic mass is 9.92. The van der Waals surface area contributed by atoms with Gasteiger partial charge in [-0.1, -0.05) is 30.3 Å². The van der Waals surface area contributed by atoms with E-state index in [1.54, 1.807) is 24.3 Å². The number of nitro groups is 1. The maximum atomic E-state index is 11.6. The van der Waals surface area contributed by atoms with Crippen LogP contribution in [0.2, 0.25) is 0 Å². The molecule has 0 heterocycles. The lowest BCUT2D eigenvalue weighted by Crippen LogP contribution is -2.17. The van der Waals surface area contributed by atoms with Crippen molar-refractivity contribution in [2.75, 3.05) is 6.54 Å². The monoisotopic (exact) mass is 249 g/mol. The third-order valence-electron chi connectivity index (χ3n) is 2.56. The molecule has 0 amide bonds. The summed E-state index contributed by atoms with van der Waals surface area (Å²) in [6.07, 6.45) is -0.119. The topological polar surface area (TPSA) is 77.3 Å². The zero-order chi connectivity index (χ0) is 13.5. The van der Waals surface area contributed by atoms with Crippen LogP contribution in [0, 0.1) is 10.1 Å². The number of nitrogens with zero attached hydrogens (tertiary/aromatic N) is 1. The predicted octanol–water partition coefficient (Wildman–Crippen LogP) is 1.99. The van der Waals surface area contributed by atoms with Gasteiger partial charge in [0.25, 0.3) is 0 Å². The highest BCUT2D eigenvalue weighted by Crippen LogP contribution is 2.20. The van der Waals surface area contributed by atoms with Gasteiger partial charge in [0, 0.05) is 11.3 Å². The fourth-order valence-corrected chi connectivity index (χ4v) is 1.82. The molecule has 96 valence electrons. The highest BCUT2D eigenvalue weighted by molar-refractivity contribution is 5.98. The van der Waals surface area contributed by atoms with Gasteiger partial charge in [0.15, 0.2) is 0 Å². The molecule has 0 aliphatic carbocycles. The summed E-state index contributed by atoms with van der Waals surface area (Å²) in [5, 5.41) is 10.6. The molecule has 0 aromatic heterocycles. The maximum Gasteiger partial charge on any atom is 0.211 e. The molecule has 1 unspecified atom stereocenters. The quantitative estimate of drug-likeness (QED) is 0.420. The summed E-state index contributed by atoms with van der Waals surface area (Å²) < 4.78 is 0. The van der Waals surface area contributed by atoms with E-state index in [0.29, 0.717) is 0 Å². The Hall–Kier alpha value is -2.04. The average Bonchev–Trinajstić information content (AvgIpc) is 2.27. The molecule has 1 rings (SSSR count). The van der Waals surface area contributed by atoms with Gasteiger partial charge >= 0.3 is 0 Å². The van der Waals surface area contributed by atoms with Crippen molar-refractivity contribution in [1.29, 1.82) is 0 Å². The second-order valence-corrected chi connectivity index (χ2v) is 4.24. The molecule has 0 spiro atoms. The lowest BCUT2D eigenvalue weighted by Gasteiger charge is -2.11. The number of hydrogen-bond donors (Lipinski definition) is 0. The Morgan fingerprint density at radius 2 is 1.89 bits per heavy atom. The van der Waals surface area contributed by atoms with Crippen molar-refractivity contribution in [3.63, 3.8) is 0 Å². The molecule has 1 aromatic rings. The molecule has 1 aromatic carbocycles. The molecule has 0 aliphatic rings. The molecule has 1 atom stereocenters. The van der Waals surface area contributed by atoms with E-state index in [1.165, 1.54) is 6.92 Å². The minimum atomic E-state index is -0.465. The van der Waals surface area contributed by atoms with Gasteiger partial charge in [-0.05, 0) is 12.5 Å². The fourth-order valence-electron chi connectivity index (χ4n) is 1.82. The van der Waals surface area contributed by atoms with Crippen molar-refractivity contribution in [2.45, 2.75) is 25.7 Å². The molecular weight excluding hydrogens is 234 g/mol. The number of ketones is 2. The Labute approximate surface area is 105 Å². The second kappa shape index (κ2) is 6.64. The van der Waals surface area contributed by atoms with Gasteiger partial charge in [0.05, 0.1) is 12.3 Å². The van der Waals surface area contributed by atoms with Crippen molar-refractivity contribution in [1.82, 2.24) is 0 Å². The molecule has 0 fully saturated rings. The van der Waals surface area contributed by atoms with E-state index in [9.17, 15) is 19.7 Å². The van der Waals surface area contributed by atoms with E-state index in [0.717, 1.165) is 5.56 Å². The van der Waals surface area contributed by atoms with Crippen LogP contribution in [0.25, 0.3) is 0 Å². The number of Topliss-reactive ketones (excluding diaryl/α,β-unsaturated/α-hetero) is 2. The predicted molar refractivity (Wildman–Crippen MR) is 66.0 cm³/mol. The van der Waals surface area contributed by atoms with Gasteiger partial charge in [-0.2, -0.15) is 0 Å². The third-order valence-corrected chi connectivity index (χ3v) is 2.56. The third kappa shape index (κ3) is 4.86. The van der Waals surface area contributed by atoms with Crippen molar-refractivity contribution in [3.05, 3.63) is 46.0 Å². The highest BCUT2D eigenvalue weighted by atomic mass is 16.6. The van der Waals surface area contributed by atoms with Gasteiger partial charge in [-0.3, -0.25) is 19.7 Å². The largest absolute Gasteiger partial charge is 0.300 e. The summed E-state index contributed by atoms with van der Waals surface area (Å²) in [7, 11) is 0. The number of carbonyl (C=O) groups is 2. The second-order valence-electron chi connectivity index (χ2n) is 4.24. The average molecular weight is 249 g/mol. The van der Waals surface area contributed by atoms with E-state index >= 15 is 0 Å². The maximum absolute atomic E-state index is 11.6. The zero-order valence-electron chi connectivity index (χ0n) is 10.2. The smallest absolute Gasteiger partial charge is 0.211 e. The summed E-state index contributed by atoms with van der Waals surface area (Å²) in [5.41, 5.74) is 0.756. The molecular formula is C13H15NO4. The number of rotatable bonds is 7. The summed E-state index contributed by atoms with van der Waals surface area (Å²) in [5.74, 6) is -0.931. The van der Waals surface area contributed by atoms with Gasteiger partial charge < -0.3 is 0 Å². The molecule has 0 saturated carbocycles. The van der Waals surface area contributed by atoms with Crippen LogP contribution in [-0.2, 0) is 9.59 Å². The van der Waals surface area contributed by atoms with E-state index in [-0.39, 0.29) is 31.0 Å². The Morgan fingerprint density at radius 3 is 2.39 bits per heavy atom. The number of hydrogen-bond acceptors (Lipinski definition) is 4. The molecule has 0 N–H and O–H groups in total. The van der Waals surface area contributed by atoms with Crippen LogP contribution < -0.4 is 0 Å². The first-order chi connectivity index (χ1) is 8.49. The summed E-state index contributed by atoms with van der Waals surface area (Å²) in [6.45, 7) is 1.04. The van der Waals surface area contributed by atoms with Gasteiger partial charge in [0.1, 0.15) is 11.6 Å². The standard InChI is InChI=1S/C13H15NO4/c1-10(15)7-13(16)8-12(9-14(17)18)11-5-3-2-4-6-11/h2-6,12H,7-9H2,1H3. The fraction of sp³-hybridized carbons (Fsp3) is 0.385. The van der Waals surface area contributed by atoms with E-state index in [2.05, 4.69) is 0 Å². The van der Waals surface area contributed by atoms with Crippen molar-refractivity contribution in [2.24, 2.45) is 0 Å². The Bertz CT molecular complexity index is 442.